The van der Waals surface area contributed by atoms with E-state index >= 15 is 0 Å². The molecule has 0 spiro atoms. The SMILES string of the molecule is COC(=O)c1cc(OCC(=O)Nc2cccc(OC)c2)c2cc(C)ccc2n1. The lowest BCUT2D eigenvalue weighted by Crippen LogP contribution is -2.20. The molecule has 0 fully saturated rings. The maximum Gasteiger partial charge on any atom is 0.356 e. The average molecular weight is 380 g/mol. The minimum Gasteiger partial charge on any atom is -0.497 e. The second-order valence-corrected chi connectivity index (χ2v) is 6.09. The number of benzene rings is 2. The van der Waals surface area contributed by atoms with Gasteiger partial charge in [-0.2, -0.15) is 0 Å². The third-order valence-corrected chi connectivity index (χ3v) is 4.03. The predicted molar refractivity (Wildman–Crippen MR) is 105 cm³/mol. The van der Waals surface area contributed by atoms with Gasteiger partial charge < -0.3 is 19.5 Å². The first-order valence-corrected chi connectivity index (χ1v) is 8.56. The molecule has 28 heavy (non-hydrogen) atoms. The van der Waals surface area contributed by atoms with E-state index in [0.29, 0.717) is 28.1 Å². The number of pyridine rings is 1. The second kappa shape index (κ2) is 8.39. The molecule has 1 amide bonds. The minimum atomic E-state index is -0.576. The summed E-state index contributed by atoms with van der Waals surface area (Å²) >= 11 is 0. The van der Waals surface area contributed by atoms with Crippen LogP contribution in [-0.2, 0) is 9.53 Å². The van der Waals surface area contributed by atoms with Crippen molar-refractivity contribution in [3.8, 4) is 11.5 Å². The molecule has 0 aliphatic carbocycles. The molecule has 7 nitrogen and oxygen atoms in total. The molecule has 3 rings (SSSR count). The molecule has 0 aliphatic heterocycles. The molecule has 0 unspecified atom stereocenters. The quantitative estimate of drug-likeness (QED) is 0.660. The van der Waals surface area contributed by atoms with Crippen LogP contribution in [0.15, 0.2) is 48.5 Å². The Balaban J connectivity index is 1.81. The number of ether oxygens (including phenoxy) is 3. The molecule has 0 saturated heterocycles. The maximum absolute atomic E-state index is 12.3. The molecule has 0 bridgehead atoms. The van der Waals surface area contributed by atoms with Gasteiger partial charge in [0.15, 0.2) is 12.3 Å². The lowest BCUT2D eigenvalue weighted by atomic mass is 10.1. The molecule has 1 aromatic heterocycles. The first-order chi connectivity index (χ1) is 13.5. The van der Waals surface area contributed by atoms with Crippen molar-refractivity contribution in [2.45, 2.75) is 6.92 Å². The van der Waals surface area contributed by atoms with Crippen molar-refractivity contribution in [2.24, 2.45) is 0 Å². The van der Waals surface area contributed by atoms with Crippen molar-refractivity contribution < 1.29 is 23.8 Å². The van der Waals surface area contributed by atoms with Gasteiger partial charge in [-0.25, -0.2) is 9.78 Å². The number of hydrogen-bond donors (Lipinski definition) is 1. The number of nitrogens with zero attached hydrogens (tertiary/aromatic N) is 1. The molecule has 7 heteroatoms. The monoisotopic (exact) mass is 380 g/mol. The number of nitrogens with one attached hydrogen (secondary N) is 1. The maximum atomic E-state index is 12.3. The van der Waals surface area contributed by atoms with Crippen LogP contribution in [0.3, 0.4) is 0 Å². The molecular weight excluding hydrogens is 360 g/mol. The molecule has 3 aromatic rings. The summed E-state index contributed by atoms with van der Waals surface area (Å²) in [5.41, 5.74) is 2.29. The number of carbonyl (C=O) groups excluding carboxylic acids is 2. The summed E-state index contributed by atoms with van der Waals surface area (Å²) < 4.78 is 15.6. The zero-order valence-electron chi connectivity index (χ0n) is 15.8. The van der Waals surface area contributed by atoms with Crippen molar-refractivity contribution in [2.75, 3.05) is 26.1 Å². The largest absolute Gasteiger partial charge is 0.497 e. The van der Waals surface area contributed by atoms with Crippen LogP contribution >= 0.6 is 0 Å². The highest BCUT2D eigenvalue weighted by molar-refractivity contribution is 5.95. The van der Waals surface area contributed by atoms with Gasteiger partial charge in [-0.15, -0.1) is 0 Å². The summed E-state index contributed by atoms with van der Waals surface area (Å²) in [5.74, 6) is 0.102. The number of hydrogen-bond acceptors (Lipinski definition) is 6. The zero-order chi connectivity index (χ0) is 20.1. The Morgan fingerprint density at radius 3 is 2.64 bits per heavy atom. The van der Waals surface area contributed by atoms with Crippen molar-refractivity contribution in [3.05, 3.63) is 59.8 Å². The van der Waals surface area contributed by atoms with Gasteiger partial charge in [0.25, 0.3) is 5.91 Å². The summed E-state index contributed by atoms with van der Waals surface area (Å²) in [5, 5.41) is 3.45. The molecule has 1 heterocycles. The lowest BCUT2D eigenvalue weighted by Gasteiger charge is -2.12. The summed E-state index contributed by atoms with van der Waals surface area (Å²) in [4.78, 5) is 28.5. The molecule has 0 radical (unpaired) electrons. The van der Waals surface area contributed by atoms with E-state index in [2.05, 4.69) is 10.3 Å². The van der Waals surface area contributed by atoms with Crippen LogP contribution in [0, 0.1) is 6.92 Å². The first kappa shape index (κ1) is 19.2. The summed E-state index contributed by atoms with van der Waals surface area (Å²) in [6.07, 6.45) is 0. The summed E-state index contributed by atoms with van der Waals surface area (Å²) in [6.45, 7) is 1.71. The van der Waals surface area contributed by atoms with Crippen molar-refractivity contribution >= 4 is 28.5 Å². The van der Waals surface area contributed by atoms with Crippen molar-refractivity contribution in [1.82, 2.24) is 4.98 Å². The number of aryl methyl sites for hydroxylation is 1. The fourth-order valence-electron chi connectivity index (χ4n) is 2.68. The fourth-order valence-corrected chi connectivity index (χ4v) is 2.68. The predicted octanol–water partition coefficient (Wildman–Crippen LogP) is 3.36. The van der Waals surface area contributed by atoms with Crippen LogP contribution < -0.4 is 14.8 Å². The number of anilines is 1. The molecule has 0 saturated carbocycles. The molecule has 2 aromatic carbocycles. The van der Waals surface area contributed by atoms with Crippen molar-refractivity contribution in [3.63, 3.8) is 0 Å². The van der Waals surface area contributed by atoms with Gasteiger partial charge in [0.1, 0.15) is 11.5 Å². The van der Waals surface area contributed by atoms with E-state index in [-0.39, 0.29) is 18.2 Å². The average Bonchev–Trinajstić information content (AvgIpc) is 2.71. The third-order valence-electron chi connectivity index (χ3n) is 4.03. The van der Waals surface area contributed by atoms with Gasteiger partial charge in [0.05, 0.1) is 19.7 Å². The van der Waals surface area contributed by atoms with E-state index in [4.69, 9.17) is 14.2 Å². The van der Waals surface area contributed by atoms with E-state index in [0.717, 1.165) is 5.56 Å². The second-order valence-electron chi connectivity index (χ2n) is 6.09. The van der Waals surface area contributed by atoms with Gasteiger partial charge in [0, 0.05) is 23.2 Å². The van der Waals surface area contributed by atoms with E-state index in [1.165, 1.54) is 13.2 Å². The van der Waals surface area contributed by atoms with Crippen LogP contribution in [-0.4, -0.2) is 37.7 Å². The Labute approximate surface area is 162 Å². The van der Waals surface area contributed by atoms with Crippen LogP contribution in [0.2, 0.25) is 0 Å². The summed E-state index contributed by atoms with van der Waals surface area (Å²) in [7, 11) is 2.84. The van der Waals surface area contributed by atoms with Crippen molar-refractivity contribution in [1.29, 1.82) is 0 Å². The van der Waals surface area contributed by atoms with Gasteiger partial charge in [-0.1, -0.05) is 17.7 Å². The number of esters is 1. The molecule has 0 aliphatic rings. The van der Waals surface area contributed by atoms with Crippen LogP contribution in [0.5, 0.6) is 11.5 Å². The highest BCUT2D eigenvalue weighted by atomic mass is 16.5. The highest BCUT2D eigenvalue weighted by Gasteiger charge is 2.15. The number of amides is 1. The normalized spacial score (nSPS) is 10.4. The number of carbonyl (C=O) groups is 2. The lowest BCUT2D eigenvalue weighted by molar-refractivity contribution is -0.118. The highest BCUT2D eigenvalue weighted by Crippen LogP contribution is 2.27. The zero-order valence-corrected chi connectivity index (χ0v) is 15.8. The van der Waals surface area contributed by atoms with Crippen LogP contribution in [0.4, 0.5) is 5.69 Å². The Bertz CT molecular complexity index is 1030. The van der Waals surface area contributed by atoms with E-state index < -0.39 is 5.97 Å². The fraction of sp³-hybridized carbons (Fsp3) is 0.190. The van der Waals surface area contributed by atoms with E-state index in [1.54, 1.807) is 37.4 Å². The molecular formula is C21H20N2O5. The molecule has 144 valence electrons. The van der Waals surface area contributed by atoms with Crippen LogP contribution in [0.25, 0.3) is 10.9 Å². The molecule has 0 atom stereocenters. The Hall–Kier alpha value is -3.61. The van der Waals surface area contributed by atoms with Crippen LogP contribution in [0.1, 0.15) is 16.1 Å². The standard InChI is InChI=1S/C21H20N2O5/c1-13-7-8-17-16(9-13)19(11-18(23-17)21(25)27-3)28-12-20(24)22-14-5-4-6-15(10-14)26-2/h4-11H,12H2,1-3H3,(H,22,24). The number of methoxy groups -OCH3 is 2. The topological polar surface area (TPSA) is 86.8 Å². The Kier molecular flexibility index (Phi) is 5.74. The first-order valence-electron chi connectivity index (χ1n) is 8.56. The number of rotatable bonds is 6. The smallest absolute Gasteiger partial charge is 0.356 e. The van der Waals surface area contributed by atoms with Gasteiger partial charge >= 0.3 is 5.97 Å². The number of aromatic nitrogens is 1. The minimum absolute atomic E-state index is 0.113. The summed E-state index contributed by atoms with van der Waals surface area (Å²) in [6, 6.07) is 14.1. The van der Waals surface area contributed by atoms with Gasteiger partial charge in [0.2, 0.25) is 0 Å². The Morgan fingerprint density at radius 1 is 1.07 bits per heavy atom. The van der Waals surface area contributed by atoms with E-state index in [1.807, 2.05) is 19.1 Å². The Morgan fingerprint density at radius 2 is 1.89 bits per heavy atom. The van der Waals surface area contributed by atoms with Gasteiger partial charge in [-0.3, -0.25) is 4.79 Å². The molecule has 1 N–H and O–H groups in total. The van der Waals surface area contributed by atoms with Gasteiger partial charge in [-0.05, 0) is 31.2 Å². The third kappa shape index (κ3) is 4.37. The number of fused-ring (bicyclic) bond motifs is 1. The van der Waals surface area contributed by atoms with E-state index in [9.17, 15) is 9.59 Å².